The summed E-state index contributed by atoms with van der Waals surface area (Å²) in [6.45, 7) is 7.49. The molecule has 3 saturated carbocycles. The van der Waals surface area contributed by atoms with E-state index >= 15 is 0 Å². The van der Waals surface area contributed by atoms with Crippen LogP contribution in [0.15, 0.2) is 23.5 Å². The van der Waals surface area contributed by atoms with Crippen LogP contribution in [0.1, 0.15) is 91.4 Å². The fourth-order valence-corrected chi connectivity index (χ4v) is 9.60. The summed E-state index contributed by atoms with van der Waals surface area (Å²) in [6, 6.07) is 0. The molecule has 1 spiro atoms. The van der Waals surface area contributed by atoms with E-state index in [0.29, 0.717) is 25.9 Å². The van der Waals surface area contributed by atoms with Gasteiger partial charge in [0, 0.05) is 29.7 Å². The summed E-state index contributed by atoms with van der Waals surface area (Å²) in [5, 5.41) is 0. The molecule has 6 unspecified atom stereocenters. The van der Waals surface area contributed by atoms with Gasteiger partial charge in [0.05, 0.1) is 18.1 Å². The summed E-state index contributed by atoms with van der Waals surface area (Å²) < 4.78 is 18.7. The zero-order valence-corrected chi connectivity index (χ0v) is 20.8. The Morgan fingerprint density at radius 2 is 1.91 bits per heavy atom. The van der Waals surface area contributed by atoms with E-state index in [1.807, 2.05) is 0 Å². The van der Waals surface area contributed by atoms with Gasteiger partial charge in [0.1, 0.15) is 18.3 Å². The van der Waals surface area contributed by atoms with Crippen LogP contribution in [0.2, 0.25) is 0 Å². The van der Waals surface area contributed by atoms with Crippen LogP contribution in [0.4, 0.5) is 0 Å². The van der Waals surface area contributed by atoms with Gasteiger partial charge in [-0.3, -0.25) is 4.79 Å². The molecule has 5 nitrogen and oxygen atoms in total. The fourth-order valence-electron chi connectivity index (χ4n) is 9.60. The van der Waals surface area contributed by atoms with E-state index in [-0.39, 0.29) is 34.3 Å². The highest BCUT2D eigenvalue weighted by molar-refractivity contribution is 5.85. The summed E-state index contributed by atoms with van der Waals surface area (Å²) in [6.07, 6.45) is 13.2. The van der Waals surface area contributed by atoms with E-state index in [2.05, 4.69) is 38.9 Å². The third-order valence-corrected chi connectivity index (χ3v) is 10.8. The number of carbonyl (C=O) groups is 2. The Balaban J connectivity index is 1.58. The highest BCUT2D eigenvalue weighted by atomic mass is 16.5. The van der Waals surface area contributed by atoms with Gasteiger partial charge >= 0.3 is 11.9 Å². The molecular formula is C29H36O5. The molecule has 0 amide bonds. The van der Waals surface area contributed by atoms with Crippen LogP contribution in [-0.4, -0.2) is 30.3 Å². The van der Waals surface area contributed by atoms with Crippen molar-refractivity contribution >= 4 is 11.9 Å². The monoisotopic (exact) mass is 464 g/mol. The second-order valence-electron chi connectivity index (χ2n) is 12.2. The van der Waals surface area contributed by atoms with Crippen LogP contribution in [0.5, 0.6) is 0 Å². The van der Waals surface area contributed by atoms with E-state index in [4.69, 9.17) is 14.2 Å². The molecule has 4 bridgehead atoms. The van der Waals surface area contributed by atoms with Gasteiger partial charge in [-0.2, -0.15) is 0 Å². The lowest BCUT2D eigenvalue weighted by Crippen LogP contribution is -2.79. The molecule has 3 aliphatic heterocycles. The lowest BCUT2D eigenvalue weighted by Gasteiger charge is -2.77. The van der Waals surface area contributed by atoms with Crippen LogP contribution in [0.25, 0.3) is 0 Å². The van der Waals surface area contributed by atoms with E-state index in [1.165, 1.54) is 5.57 Å². The van der Waals surface area contributed by atoms with E-state index in [9.17, 15) is 9.59 Å². The van der Waals surface area contributed by atoms with Crippen LogP contribution in [-0.2, 0) is 23.8 Å². The first-order valence-electron chi connectivity index (χ1n) is 13.1. The second kappa shape index (κ2) is 7.15. The van der Waals surface area contributed by atoms with Gasteiger partial charge in [0.15, 0.2) is 0 Å². The molecule has 6 rings (SSSR count). The molecule has 6 aliphatic rings. The molecule has 6 atom stereocenters. The van der Waals surface area contributed by atoms with Crippen molar-refractivity contribution in [3.8, 4) is 11.8 Å². The Morgan fingerprint density at radius 1 is 1.09 bits per heavy atom. The molecule has 3 fully saturated rings. The number of hydrogen-bond donors (Lipinski definition) is 0. The topological polar surface area (TPSA) is 61.8 Å². The molecule has 0 N–H and O–H groups in total. The molecule has 0 aromatic carbocycles. The highest BCUT2D eigenvalue weighted by Gasteiger charge is 2.81. The van der Waals surface area contributed by atoms with Crippen LogP contribution in [0.3, 0.4) is 0 Å². The van der Waals surface area contributed by atoms with Gasteiger partial charge in [-0.05, 0) is 68.4 Å². The van der Waals surface area contributed by atoms with Gasteiger partial charge in [0.2, 0.25) is 0 Å². The second-order valence-corrected chi connectivity index (χ2v) is 12.2. The van der Waals surface area contributed by atoms with Gasteiger partial charge < -0.3 is 14.2 Å². The molecule has 34 heavy (non-hydrogen) atoms. The molecule has 3 heterocycles. The number of esters is 2. The lowest BCUT2D eigenvalue weighted by molar-refractivity contribution is -0.324. The van der Waals surface area contributed by atoms with Crippen molar-refractivity contribution in [3.05, 3.63) is 23.5 Å². The Hall–Kier alpha value is -2.22. The van der Waals surface area contributed by atoms with Crippen molar-refractivity contribution in [3.63, 3.8) is 0 Å². The van der Waals surface area contributed by atoms with Crippen LogP contribution in [0, 0.1) is 33.5 Å². The summed E-state index contributed by atoms with van der Waals surface area (Å²) in [5.41, 5.74) is 0.957. The maximum Gasteiger partial charge on any atom is 0.331 e. The van der Waals surface area contributed by atoms with Gasteiger partial charge in [-0.25, -0.2) is 4.79 Å². The first-order valence-corrected chi connectivity index (χ1v) is 13.1. The Labute approximate surface area is 202 Å². The molecule has 5 heteroatoms. The summed E-state index contributed by atoms with van der Waals surface area (Å²) >= 11 is 0. The molecule has 0 radical (unpaired) electrons. The first-order chi connectivity index (χ1) is 16.2. The number of carbonyl (C=O) groups excluding carboxylic acids is 2. The maximum atomic E-state index is 13.0. The minimum Gasteiger partial charge on any atom is -0.493 e. The van der Waals surface area contributed by atoms with Crippen molar-refractivity contribution < 1.29 is 23.8 Å². The van der Waals surface area contributed by atoms with Crippen molar-refractivity contribution in [2.24, 2.45) is 21.7 Å². The lowest BCUT2D eigenvalue weighted by atomic mass is 9.29. The number of hydrogen-bond acceptors (Lipinski definition) is 5. The fraction of sp³-hybridized carbons (Fsp3) is 0.724. The molecule has 0 aromatic heterocycles. The molecule has 3 aliphatic carbocycles. The number of rotatable bonds is 3. The number of cyclic esters (lactones) is 1. The third kappa shape index (κ3) is 2.53. The zero-order valence-electron chi connectivity index (χ0n) is 20.8. The van der Waals surface area contributed by atoms with Crippen LogP contribution >= 0.6 is 0 Å². The quantitative estimate of drug-likeness (QED) is 0.414. The largest absolute Gasteiger partial charge is 0.493 e. The maximum absolute atomic E-state index is 13.0. The molecule has 0 aromatic rings. The minimum atomic E-state index is -0.532. The van der Waals surface area contributed by atoms with Gasteiger partial charge in [-0.15, -0.1) is 5.92 Å². The Morgan fingerprint density at radius 3 is 2.71 bits per heavy atom. The van der Waals surface area contributed by atoms with E-state index < -0.39 is 11.0 Å². The minimum absolute atomic E-state index is 0.0541. The Kier molecular flexibility index (Phi) is 4.68. The van der Waals surface area contributed by atoms with Crippen molar-refractivity contribution in [1.82, 2.24) is 0 Å². The van der Waals surface area contributed by atoms with Crippen molar-refractivity contribution in [1.29, 1.82) is 0 Å². The summed E-state index contributed by atoms with van der Waals surface area (Å²) in [4.78, 5) is 24.7. The SMILES string of the molecule is CC12C#CCCC(=O)OC(C1)C13C4=COC2(CCC2=CC(=O)OC2)C1(C)CCCC3(C)CCC4. The van der Waals surface area contributed by atoms with E-state index in [1.54, 1.807) is 6.08 Å². The molecule has 182 valence electrons. The average molecular weight is 465 g/mol. The normalized spacial score (nSPS) is 46.6. The molecule has 0 saturated heterocycles. The standard InChI is InChI=1S/C29H36O5/c1-25-12-6-8-21-19-33-28(15-10-20-16-24(31)32-18-20)26(2)11-5-4-9-23(30)34-22(17-26)29(21,25)27(28,3)14-7-13-25/h16,19,22H,4,6-10,12-15,17-18H2,1-3H3. The predicted molar refractivity (Wildman–Crippen MR) is 126 cm³/mol. The summed E-state index contributed by atoms with van der Waals surface area (Å²) in [7, 11) is 0. The van der Waals surface area contributed by atoms with Crippen molar-refractivity contribution in [2.75, 3.05) is 6.61 Å². The number of ether oxygens (including phenoxy) is 3. The Bertz CT molecular complexity index is 1070. The zero-order chi connectivity index (χ0) is 23.8. The van der Waals surface area contributed by atoms with Gasteiger partial charge in [0.25, 0.3) is 0 Å². The first kappa shape index (κ1) is 22.3. The predicted octanol–water partition coefficient (Wildman–Crippen LogP) is 5.39. The molecular weight excluding hydrogens is 428 g/mol. The summed E-state index contributed by atoms with van der Waals surface area (Å²) in [5.74, 6) is 6.63. The number of fused-ring (bicyclic) bond motifs is 3. The average Bonchev–Trinajstić information content (AvgIpc) is 3.22. The third-order valence-electron chi connectivity index (χ3n) is 10.8. The van der Waals surface area contributed by atoms with E-state index in [0.717, 1.165) is 56.9 Å². The van der Waals surface area contributed by atoms with Crippen molar-refractivity contribution in [2.45, 2.75) is 103 Å². The smallest absolute Gasteiger partial charge is 0.331 e. The van der Waals surface area contributed by atoms with Gasteiger partial charge in [-0.1, -0.05) is 26.2 Å². The highest BCUT2D eigenvalue weighted by Crippen LogP contribution is 2.80. The van der Waals surface area contributed by atoms with Crippen LogP contribution < -0.4 is 0 Å².